The van der Waals surface area contributed by atoms with Crippen LogP contribution in [0.25, 0.3) is 17.2 Å². The van der Waals surface area contributed by atoms with Gasteiger partial charge in [0.05, 0.1) is 33.0 Å². The lowest BCUT2D eigenvalue weighted by atomic mass is 10.1. The number of esters is 1. The highest BCUT2D eigenvalue weighted by Crippen LogP contribution is 2.25. The van der Waals surface area contributed by atoms with Crippen LogP contribution in [0.4, 0.5) is 11.9 Å². The average molecular weight is 467 g/mol. The summed E-state index contributed by atoms with van der Waals surface area (Å²) >= 11 is 0. The Bertz CT molecular complexity index is 1090. The summed E-state index contributed by atoms with van der Waals surface area (Å²) in [5.41, 5.74) is 1.31. The number of hydrogen-bond acceptors (Lipinski definition) is 11. The summed E-state index contributed by atoms with van der Waals surface area (Å²) in [6.45, 7) is 6.94. The molecule has 0 radical (unpaired) electrons. The highest BCUT2D eigenvalue weighted by Gasteiger charge is 2.28. The fourth-order valence-corrected chi connectivity index (χ4v) is 3.84. The van der Waals surface area contributed by atoms with E-state index in [9.17, 15) is 4.79 Å². The van der Waals surface area contributed by atoms with E-state index >= 15 is 0 Å². The van der Waals surface area contributed by atoms with Gasteiger partial charge in [-0.25, -0.2) is 4.79 Å². The molecule has 3 aromatic rings. The summed E-state index contributed by atoms with van der Waals surface area (Å²) < 4.78 is 17.6. The lowest BCUT2D eigenvalue weighted by Gasteiger charge is -2.30. The fourth-order valence-electron chi connectivity index (χ4n) is 3.84. The maximum absolute atomic E-state index is 13.0. The van der Waals surface area contributed by atoms with E-state index in [1.807, 2.05) is 40.1 Å². The smallest absolute Gasteiger partial charge is 0.359 e. The number of carbonyl (C=O) groups is 1. The Kier molecular flexibility index (Phi) is 6.58. The van der Waals surface area contributed by atoms with Gasteiger partial charge in [-0.3, -0.25) is 0 Å². The van der Waals surface area contributed by atoms with E-state index in [0.717, 1.165) is 5.56 Å². The van der Waals surface area contributed by atoms with Crippen LogP contribution in [-0.2, 0) is 14.2 Å². The van der Waals surface area contributed by atoms with Gasteiger partial charge >= 0.3 is 5.97 Å². The number of benzene rings is 1. The molecule has 0 saturated carbocycles. The highest BCUT2D eigenvalue weighted by molar-refractivity contribution is 5.94. The van der Waals surface area contributed by atoms with Gasteiger partial charge < -0.3 is 24.0 Å². The maximum atomic E-state index is 13.0. The second kappa shape index (κ2) is 10.1. The third kappa shape index (κ3) is 4.54. The summed E-state index contributed by atoms with van der Waals surface area (Å²) in [5, 5.41) is 8.56. The van der Waals surface area contributed by atoms with Gasteiger partial charge in [0.15, 0.2) is 5.69 Å². The molecule has 0 bridgehead atoms. The number of nitrogens with zero attached hydrogens (tertiary/aromatic N) is 8. The molecule has 178 valence electrons. The summed E-state index contributed by atoms with van der Waals surface area (Å²) in [5.74, 6) is 0.658. The highest BCUT2D eigenvalue weighted by atomic mass is 16.5. The van der Waals surface area contributed by atoms with Crippen molar-refractivity contribution in [2.45, 2.75) is 6.92 Å². The molecule has 0 aliphatic carbocycles. The molecule has 0 N–H and O–H groups in total. The largest absolute Gasteiger partial charge is 0.461 e. The second-order valence-electron chi connectivity index (χ2n) is 7.72. The minimum Gasteiger partial charge on any atom is -0.461 e. The minimum absolute atomic E-state index is 0.167. The van der Waals surface area contributed by atoms with Gasteiger partial charge in [-0.1, -0.05) is 35.5 Å². The van der Waals surface area contributed by atoms with Gasteiger partial charge in [-0.2, -0.15) is 19.6 Å². The summed E-state index contributed by atoms with van der Waals surface area (Å²) in [6.07, 6.45) is 0. The lowest BCUT2D eigenvalue weighted by Crippen LogP contribution is -2.40. The van der Waals surface area contributed by atoms with Crippen LogP contribution in [0, 0.1) is 0 Å². The van der Waals surface area contributed by atoms with E-state index in [4.69, 9.17) is 19.2 Å². The molecule has 4 heterocycles. The van der Waals surface area contributed by atoms with Crippen molar-refractivity contribution < 1.29 is 19.0 Å². The van der Waals surface area contributed by atoms with Crippen molar-refractivity contribution in [1.29, 1.82) is 0 Å². The summed E-state index contributed by atoms with van der Waals surface area (Å²) in [7, 11) is 0. The normalized spacial score (nSPS) is 16.5. The second-order valence-corrected chi connectivity index (χ2v) is 7.72. The van der Waals surface area contributed by atoms with Crippen LogP contribution in [0.2, 0.25) is 0 Å². The molecule has 34 heavy (non-hydrogen) atoms. The molecular weight excluding hydrogens is 440 g/mol. The van der Waals surface area contributed by atoms with Crippen LogP contribution < -0.4 is 9.80 Å². The quantitative estimate of drug-likeness (QED) is 0.483. The zero-order valence-electron chi connectivity index (χ0n) is 19.0. The zero-order chi connectivity index (χ0) is 23.3. The molecule has 12 heteroatoms. The molecule has 2 aliphatic rings. The van der Waals surface area contributed by atoms with Crippen molar-refractivity contribution in [1.82, 2.24) is 29.9 Å². The molecule has 0 unspecified atom stereocenters. The molecule has 2 aromatic heterocycles. The van der Waals surface area contributed by atoms with Crippen LogP contribution in [0.1, 0.15) is 17.4 Å². The molecule has 2 saturated heterocycles. The zero-order valence-corrected chi connectivity index (χ0v) is 19.0. The van der Waals surface area contributed by atoms with Crippen molar-refractivity contribution in [3.8, 4) is 17.2 Å². The third-order valence-corrected chi connectivity index (χ3v) is 5.56. The number of morpholine rings is 2. The average Bonchev–Trinajstić information content (AvgIpc) is 3.36. The monoisotopic (exact) mass is 466 g/mol. The topological polar surface area (TPSA) is 121 Å². The summed E-state index contributed by atoms with van der Waals surface area (Å²) in [6, 6.07) is 9.37. The van der Waals surface area contributed by atoms with E-state index in [-0.39, 0.29) is 18.2 Å². The van der Waals surface area contributed by atoms with Crippen molar-refractivity contribution in [2.24, 2.45) is 0 Å². The van der Waals surface area contributed by atoms with E-state index in [2.05, 4.69) is 20.3 Å². The van der Waals surface area contributed by atoms with Gasteiger partial charge in [0.2, 0.25) is 11.9 Å². The predicted octanol–water partition coefficient (Wildman–Crippen LogP) is 0.969. The molecule has 12 nitrogen and oxygen atoms in total. The van der Waals surface area contributed by atoms with E-state index in [1.54, 1.807) is 6.92 Å². The fraction of sp³-hybridized carbons (Fsp3) is 0.455. The molecule has 0 atom stereocenters. The van der Waals surface area contributed by atoms with Crippen LogP contribution >= 0.6 is 0 Å². The molecule has 2 fully saturated rings. The SMILES string of the molecule is CCOC(=O)c1c(-c2ccccc2)nnn1-c1nc(N2CCOCC2)nc(N2CCOCC2)n1. The first kappa shape index (κ1) is 22.2. The van der Waals surface area contributed by atoms with Crippen LogP contribution in [0.3, 0.4) is 0 Å². The van der Waals surface area contributed by atoms with Crippen molar-refractivity contribution >= 4 is 17.9 Å². The van der Waals surface area contributed by atoms with Gasteiger partial charge in [-0.15, -0.1) is 5.10 Å². The Hall–Kier alpha value is -3.64. The predicted molar refractivity (Wildman–Crippen MR) is 122 cm³/mol. The number of rotatable bonds is 6. The van der Waals surface area contributed by atoms with Gasteiger partial charge in [0.1, 0.15) is 5.69 Å². The number of anilines is 2. The van der Waals surface area contributed by atoms with E-state index in [0.29, 0.717) is 70.2 Å². The van der Waals surface area contributed by atoms with Gasteiger partial charge in [0, 0.05) is 31.7 Å². The van der Waals surface area contributed by atoms with Crippen LogP contribution in [0.5, 0.6) is 0 Å². The Morgan fingerprint density at radius 1 is 0.882 bits per heavy atom. The lowest BCUT2D eigenvalue weighted by molar-refractivity contribution is 0.0516. The first-order chi connectivity index (χ1) is 16.7. The molecular formula is C22H26N8O4. The van der Waals surface area contributed by atoms with E-state index < -0.39 is 5.97 Å². The van der Waals surface area contributed by atoms with Crippen molar-refractivity contribution in [2.75, 3.05) is 69.0 Å². The molecule has 2 aliphatic heterocycles. The molecule has 1 aromatic carbocycles. The molecule has 5 rings (SSSR count). The molecule has 0 amide bonds. The Morgan fingerprint density at radius 3 is 2.00 bits per heavy atom. The van der Waals surface area contributed by atoms with E-state index in [1.165, 1.54) is 4.68 Å². The number of aromatic nitrogens is 6. The minimum atomic E-state index is -0.549. The summed E-state index contributed by atoms with van der Waals surface area (Å²) in [4.78, 5) is 31.2. The van der Waals surface area contributed by atoms with Crippen molar-refractivity contribution in [3.63, 3.8) is 0 Å². The Labute approximate surface area is 196 Å². The van der Waals surface area contributed by atoms with Crippen LogP contribution in [0.15, 0.2) is 30.3 Å². The molecule has 0 spiro atoms. The number of ether oxygens (including phenoxy) is 3. The first-order valence-corrected chi connectivity index (χ1v) is 11.3. The van der Waals surface area contributed by atoms with Gasteiger partial charge in [0.25, 0.3) is 5.95 Å². The van der Waals surface area contributed by atoms with Crippen molar-refractivity contribution in [3.05, 3.63) is 36.0 Å². The third-order valence-electron chi connectivity index (χ3n) is 5.56. The standard InChI is InChI=1S/C22H26N8O4/c1-2-34-19(31)18-17(16-6-4-3-5-7-16)26-27-30(18)22-24-20(28-8-12-32-13-9-28)23-21(25-22)29-10-14-33-15-11-29/h3-7H,2,8-15H2,1H3. The Morgan fingerprint density at radius 2 is 1.44 bits per heavy atom. The van der Waals surface area contributed by atoms with Crippen LogP contribution in [-0.4, -0.2) is 95.1 Å². The first-order valence-electron chi connectivity index (χ1n) is 11.3. The number of hydrogen-bond donors (Lipinski definition) is 0. The Balaban J connectivity index is 1.63. The number of carbonyl (C=O) groups excluding carboxylic acids is 1. The maximum Gasteiger partial charge on any atom is 0.359 e. The van der Waals surface area contributed by atoms with Gasteiger partial charge in [-0.05, 0) is 6.92 Å².